The maximum atomic E-state index is 4.98. The van der Waals surface area contributed by atoms with E-state index in [0.717, 1.165) is 11.9 Å². The fraction of sp³-hybridized carbons (Fsp3) is 0.222. The van der Waals surface area contributed by atoms with Crippen LogP contribution in [0.4, 0.5) is 0 Å². The zero-order valence-electron chi connectivity index (χ0n) is 7.06. The van der Waals surface area contributed by atoms with Gasteiger partial charge in [0.2, 0.25) is 0 Å². The van der Waals surface area contributed by atoms with Crippen LogP contribution in [-0.4, -0.2) is 11.6 Å². The Bertz CT molecular complexity index is 399. The summed E-state index contributed by atoms with van der Waals surface area (Å²) in [4.78, 5) is 8.79. The molecule has 0 spiro atoms. The van der Waals surface area contributed by atoms with Crippen molar-refractivity contribution in [2.24, 2.45) is 5.90 Å². The van der Waals surface area contributed by atoms with Gasteiger partial charge in [-0.25, -0.2) is 10.9 Å². The third kappa shape index (κ3) is 1.70. The fourth-order valence-electron chi connectivity index (χ4n) is 1.31. The number of hydrogen-bond acceptors (Lipinski definition) is 4. The molecule has 1 heterocycles. The third-order valence-corrected chi connectivity index (χ3v) is 2.85. The Labute approximate surface area is 80.1 Å². The van der Waals surface area contributed by atoms with Crippen LogP contribution in [0.2, 0.25) is 0 Å². The number of nitrogens with two attached hydrogens (primary N) is 1. The SMILES string of the molecule is NOCCc1cccc2ncsc12. The van der Waals surface area contributed by atoms with E-state index in [0.29, 0.717) is 6.61 Å². The molecule has 2 rings (SSSR count). The van der Waals surface area contributed by atoms with Crippen molar-refractivity contribution in [2.75, 3.05) is 6.61 Å². The van der Waals surface area contributed by atoms with Gasteiger partial charge in [-0.1, -0.05) is 12.1 Å². The molecule has 2 aromatic rings. The summed E-state index contributed by atoms with van der Waals surface area (Å²) in [6.07, 6.45) is 0.843. The molecule has 0 amide bonds. The first-order valence-corrected chi connectivity index (χ1v) is 4.92. The van der Waals surface area contributed by atoms with Crippen LogP contribution in [-0.2, 0) is 11.3 Å². The molecular formula is C9H10N2OS. The largest absolute Gasteiger partial charge is 0.304 e. The van der Waals surface area contributed by atoms with Crippen LogP contribution >= 0.6 is 11.3 Å². The summed E-state index contributed by atoms with van der Waals surface area (Å²) in [5.74, 6) is 4.98. The minimum atomic E-state index is 0.553. The molecule has 0 saturated heterocycles. The van der Waals surface area contributed by atoms with E-state index in [4.69, 9.17) is 5.90 Å². The van der Waals surface area contributed by atoms with Crippen LogP contribution in [0.5, 0.6) is 0 Å². The second-order valence-electron chi connectivity index (χ2n) is 2.74. The van der Waals surface area contributed by atoms with E-state index >= 15 is 0 Å². The molecule has 3 nitrogen and oxygen atoms in total. The van der Waals surface area contributed by atoms with Gasteiger partial charge in [0.05, 0.1) is 22.3 Å². The number of rotatable bonds is 3. The molecule has 0 atom stereocenters. The van der Waals surface area contributed by atoms with E-state index in [9.17, 15) is 0 Å². The molecule has 0 bridgehead atoms. The van der Waals surface area contributed by atoms with Gasteiger partial charge < -0.3 is 4.84 Å². The zero-order chi connectivity index (χ0) is 9.10. The molecule has 0 radical (unpaired) electrons. The third-order valence-electron chi connectivity index (χ3n) is 1.93. The Balaban J connectivity index is 2.37. The molecule has 0 unspecified atom stereocenters. The first-order chi connectivity index (χ1) is 6.42. The summed E-state index contributed by atoms with van der Waals surface area (Å²) >= 11 is 1.66. The summed E-state index contributed by atoms with van der Waals surface area (Å²) < 4.78 is 1.24. The van der Waals surface area contributed by atoms with Crippen molar-refractivity contribution < 1.29 is 4.84 Å². The van der Waals surface area contributed by atoms with Crippen LogP contribution in [0, 0.1) is 0 Å². The normalized spacial score (nSPS) is 10.8. The second-order valence-corrected chi connectivity index (χ2v) is 3.59. The van der Waals surface area contributed by atoms with Crippen LogP contribution in [0.1, 0.15) is 5.56 Å². The van der Waals surface area contributed by atoms with Crippen molar-refractivity contribution in [3.05, 3.63) is 29.3 Å². The smallest absolute Gasteiger partial charge is 0.0814 e. The Hall–Kier alpha value is -0.970. The van der Waals surface area contributed by atoms with Crippen LogP contribution in [0.25, 0.3) is 10.2 Å². The van der Waals surface area contributed by atoms with E-state index in [1.54, 1.807) is 11.3 Å². The Morgan fingerprint density at radius 1 is 1.46 bits per heavy atom. The lowest BCUT2D eigenvalue weighted by molar-refractivity contribution is 0.141. The molecular weight excluding hydrogens is 184 g/mol. The molecule has 0 saturated carbocycles. The Morgan fingerprint density at radius 2 is 2.38 bits per heavy atom. The van der Waals surface area contributed by atoms with E-state index < -0.39 is 0 Å². The number of aromatic nitrogens is 1. The molecule has 0 aliphatic rings. The second kappa shape index (κ2) is 3.83. The van der Waals surface area contributed by atoms with Crippen molar-refractivity contribution in [3.63, 3.8) is 0 Å². The Morgan fingerprint density at radius 3 is 3.23 bits per heavy atom. The molecule has 0 aliphatic heterocycles. The van der Waals surface area contributed by atoms with Gasteiger partial charge in [-0.15, -0.1) is 11.3 Å². The lowest BCUT2D eigenvalue weighted by atomic mass is 10.1. The number of nitrogens with zero attached hydrogens (tertiary/aromatic N) is 1. The van der Waals surface area contributed by atoms with Gasteiger partial charge in [-0.2, -0.15) is 0 Å². The van der Waals surface area contributed by atoms with Crippen LogP contribution in [0.3, 0.4) is 0 Å². The van der Waals surface area contributed by atoms with Gasteiger partial charge in [0, 0.05) is 0 Å². The average molecular weight is 194 g/mol. The van der Waals surface area contributed by atoms with E-state index in [2.05, 4.69) is 15.9 Å². The summed E-state index contributed by atoms with van der Waals surface area (Å²) in [5.41, 5.74) is 4.17. The highest BCUT2D eigenvalue weighted by atomic mass is 32.1. The predicted octanol–water partition coefficient (Wildman–Crippen LogP) is 1.73. The number of thiazole rings is 1. The lowest BCUT2D eigenvalue weighted by Gasteiger charge is -2.00. The van der Waals surface area contributed by atoms with E-state index in [1.807, 2.05) is 17.6 Å². The zero-order valence-corrected chi connectivity index (χ0v) is 7.88. The molecule has 0 aliphatic carbocycles. The molecule has 0 fully saturated rings. The summed E-state index contributed by atoms with van der Waals surface area (Å²) in [6.45, 7) is 0.553. The molecule has 1 aromatic heterocycles. The van der Waals surface area contributed by atoms with E-state index in [-0.39, 0.29) is 0 Å². The first-order valence-electron chi connectivity index (χ1n) is 4.04. The van der Waals surface area contributed by atoms with Gasteiger partial charge >= 0.3 is 0 Å². The maximum absolute atomic E-state index is 4.98. The highest BCUT2D eigenvalue weighted by Crippen LogP contribution is 2.22. The highest BCUT2D eigenvalue weighted by molar-refractivity contribution is 7.16. The van der Waals surface area contributed by atoms with Gasteiger partial charge in [0.25, 0.3) is 0 Å². The molecule has 4 heteroatoms. The van der Waals surface area contributed by atoms with Crippen molar-refractivity contribution in [3.8, 4) is 0 Å². The molecule has 1 aromatic carbocycles. The van der Waals surface area contributed by atoms with Crippen molar-refractivity contribution >= 4 is 21.6 Å². The molecule has 13 heavy (non-hydrogen) atoms. The van der Waals surface area contributed by atoms with Gasteiger partial charge in [0.1, 0.15) is 0 Å². The minimum Gasteiger partial charge on any atom is -0.304 e. The van der Waals surface area contributed by atoms with Gasteiger partial charge in [-0.3, -0.25) is 0 Å². The fourth-order valence-corrected chi connectivity index (χ4v) is 2.15. The summed E-state index contributed by atoms with van der Waals surface area (Å²) in [6, 6.07) is 6.10. The van der Waals surface area contributed by atoms with Crippen LogP contribution in [0.15, 0.2) is 23.7 Å². The van der Waals surface area contributed by atoms with E-state index in [1.165, 1.54) is 10.3 Å². The highest BCUT2D eigenvalue weighted by Gasteiger charge is 2.02. The van der Waals surface area contributed by atoms with Gasteiger partial charge in [-0.05, 0) is 18.1 Å². The van der Waals surface area contributed by atoms with Crippen molar-refractivity contribution in [1.82, 2.24) is 4.98 Å². The minimum absolute atomic E-state index is 0.553. The summed E-state index contributed by atoms with van der Waals surface area (Å²) in [7, 11) is 0. The monoisotopic (exact) mass is 194 g/mol. The topological polar surface area (TPSA) is 48.1 Å². The quantitative estimate of drug-likeness (QED) is 0.757. The first kappa shape index (κ1) is 8.62. The lowest BCUT2D eigenvalue weighted by Crippen LogP contribution is -2.03. The standard InChI is InChI=1S/C9H10N2OS/c10-12-5-4-7-2-1-3-8-9(7)13-6-11-8/h1-3,6H,4-5,10H2. The molecule has 2 N–H and O–H groups in total. The number of benzene rings is 1. The maximum Gasteiger partial charge on any atom is 0.0814 e. The average Bonchev–Trinajstić information content (AvgIpc) is 2.62. The van der Waals surface area contributed by atoms with Crippen molar-refractivity contribution in [1.29, 1.82) is 0 Å². The van der Waals surface area contributed by atoms with Gasteiger partial charge in [0.15, 0.2) is 0 Å². The predicted molar refractivity (Wildman–Crippen MR) is 53.5 cm³/mol. The number of hydrogen-bond donors (Lipinski definition) is 1. The molecule has 68 valence electrons. The van der Waals surface area contributed by atoms with Crippen LogP contribution < -0.4 is 5.90 Å². The Kier molecular flexibility index (Phi) is 2.54. The van der Waals surface area contributed by atoms with Crippen molar-refractivity contribution in [2.45, 2.75) is 6.42 Å². The summed E-state index contributed by atoms with van der Waals surface area (Å²) in [5, 5.41) is 0. The number of fused-ring (bicyclic) bond motifs is 1.